The molecule has 2 rings (SSSR count). The molecule has 0 aromatic heterocycles. The zero-order chi connectivity index (χ0) is 19.1. The average Bonchev–Trinajstić information content (AvgIpc) is 2.63. The summed E-state index contributed by atoms with van der Waals surface area (Å²) in [7, 11) is 3.09. The van der Waals surface area contributed by atoms with Gasteiger partial charge in [-0.25, -0.2) is 5.43 Å². The van der Waals surface area contributed by atoms with Crippen molar-refractivity contribution < 1.29 is 19.0 Å². The highest BCUT2D eigenvalue weighted by molar-refractivity contribution is 6.43. The normalized spacial score (nSPS) is 10.7. The highest BCUT2D eigenvalue weighted by Gasteiger charge is 2.09. The van der Waals surface area contributed by atoms with E-state index >= 15 is 0 Å². The molecule has 0 bridgehead atoms. The maximum atomic E-state index is 11.8. The molecule has 1 N–H and O–H groups in total. The first-order valence-electron chi connectivity index (χ1n) is 7.26. The number of carbonyl (C=O) groups excluding carboxylic acids is 1. The summed E-state index contributed by atoms with van der Waals surface area (Å²) in [4.78, 5) is 11.8. The molecule has 0 fully saturated rings. The number of halogens is 3. The highest BCUT2D eigenvalue weighted by atomic mass is 35.5. The molecule has 0 aliphatic carbocycles. The Bertz CT molecular complexity index is 828. The molecule has 0 unspecified atom stereocenters. The number of amides is 1. The number of rotatable bonds is 7. The molecule has 138 valence electrons. The maximum absolute atomic E-state index is 11.8. The van der Waals surface area contributed by atoms with Crippen LogP contribution < -0.4 is 19.6 Å². The third-order valence-corrected chi connectivity index (χ3v) is 4.18. The molecule has 0 heterocycles. The Hall–Kier alpha value is -2.15. The largest absolute Gasteiger partial charge is 0.497 e. The second kappa shape index (κ2) is 9.52. The van der Waals surface area contributed by atoms with Gasteiger partial charge in [0.1, 0.15) is 17.2 Å². The average molecular weight is 418 g/mol. The maximum Gasteiger partial charge on any atom is 0.277 e. The van der Waals surface area contributed by atoms with Crippen molar-refractivity contribution in [3.8, 4) is 17.2 Å². The summed E-state index contributed by atoms with van der Waals surface area (Å²) in [6, 6.07) is 8.08. The fourth-order valence-corrected chi connectivity index (χ4v) is 2.50. The van der Waals surface area contributed by atoms with E-state index in [9.17, 15) is 4.79 Å². The van der Waals surface area contributed by atoms with Gasteiger partial charge in [-0.3, -0.25) is 4.79 Å². The first kappa shape index (κ1) is 20.2. The van der Waals surface area contributed by atoms with Crippen LogP contribution in [0.1, 0.15) is 5.56 Å². The Morgan fingerprint density at radius 2 is 1.77 bits per heavy atom. The van der Waals surface area contributed by atoms with E-state index in [0.29, 0.717) is 22.1 Å². The van der Waals surface area contributed by atoms with Crippen LogP contribution in [0, 0.1) is 0 Å². The van der Waals surface area contributed by atoms with Gasteiger partial charge in [0.25, 0.3) is 5.91 Å². The summed E-state index contributed by atoms with van der Waals surface area (Å²) >= 11 is 17.7. The van der Waals surface area contributed by atoms with Crippen molar-refractivity contribution in [2.75, 3.05) is 20.8 Å². The Morgan fingerprint density at radius 1 is 1.04 bits per heavy atom. The molecule has 9 heteroatoms. The van der Waals surface area contributed by atoms with Crippen molar-refractivity contribution in [2.24, 2.45) is 5.10 Å². The number of nitrogens with zero attached hydrogens (tertiary/aromatic N) is 1. The minimum Gasteiger partial charge on any atom is -0.497 e. The summed E-state index contributed by atoms with van der Waals surface area (Å²) < 4.78 is 15.7. The summed E-state index contributed by atoms with van der Waals surface area (Å²) in [5.74, 6) is 0.985. The standard InChI is InChI=1S/C17H15Cl3N2O4/c1-24-11-3-4-15(25-2)10(5-11)8-21-22-17(23)9-26-16-7-13(19)12(18)6-14(16)20/h3-8H,9H2,1-2H3,(H,22,23). The van der Waals surface area contributed by atoms with Crippen LogP contribution in [-0.4, -0.2) is 32.9 Å². The summed E-state index contributed by atoms with van der Waals surface area (Å²) in [6.45, 7) is -0.301. The van der Waals surface area contributed by atoms with Crippen LogP contribution in [0.3, 0.4) is 0 Å². The van der Waals surface area contributed by atoms with Gasteiger partial charge in [-0.2, -0.15) is 5.10 Å². The quantitative estimate of drug-likeness (QED) is 0.416. The molecule has 6 nitrogen and oxygen atoms in total. The Morgan fingerprint density at radius 3 is 2.46 bits per heavy atom. The summed E-state index contributed by atoms with van der Waals surface area (Å²) in [5.41, 5.74) is 2.98. The zero-order valence-corrected chi connectivity index (χ0v) is 16.2. The topological polar surface area (TPSA) is 69.2 Å². The molecule has 2 aromatic rings. The second-order valence-corrected chi connectivity index (χ2v) is 6.11. The van der Waals surface area contributed by atoms with Gasteiger partial charge < -0.3 is 14.2 Å². The molecule has 26 heavy (non-hydrogen) atoms. The number of methoxy groups -OCH3 is 2. The molecule has 0 spiro atoms. The lowest BCUT2D eigenvalue weighted by atomic mass is 10.2. The second-order valence-electron chi connectivity index (χ2n) is 4.89. The van der Waals surface area contributed by atoms with Gasteiger partial charge in [-0.1, -0.05) is 34.8 Å². The molecule has 0 aliphatic rings. The van der Waals surface area contributed by atoms with Crippen LogP contribution in [0.15, 0.2) is 35.4 Å². The molecular formula is C17H15Cl3N2O4. The Kier molecular flexibility index (Phi) is 7.38. The number of nitrogens with one attached hydrogen (secondary N) is 1. The van der Waals surface area contributed by atoms with E-state index in [0.717, 1.165) is 0 Å². The van der Waals surface area contributed by atoms with Crippen molar-refractivity contribution in [3.05, 3.63) is 51.0 Å². The van der Waals surface area contributed by atoms with Gasteiger partial charge in [0.2, 0.25) is 0 Å². The van der Waals surface area contributed by atoms with Crippen LogP contribution in [0.4, 0.5) is 0 Å². The van der Waals surface area contributed by atoms with E-state index in [1.165, 1.54) is 25.5 Å². The van der Waals surface area contributed by atoms with Crippen molar-refractivity contribution in [1.82, 2.24) is 5.43 Å². The van der Waals surface area contributed by atoms with E-state index in [2.05, 4.69) is 10.5 Å². The smallest absolute Gasteiger partial charge is 0.277 e. The fraction of sp³-hybridized carbons (Fsp3) is 0.176. The summed E-state index contributed by atoms with van der Waals surface area (Å²) in [5, 5.41) is 4.69. The number of hydrogen-bond donors (Lipinski definition) is 1. The van der Waals surface area contributed by atoms with E-state index in [-0.39, 0.29) is 22.4 Å². The number of hydrogen-bond acceptors (Lipinski definition) is 5. The van der Waals surface area contributed by atoms with Crippen LogP contribution in [-0.2, 0) is 4.79 Å². The zero-order valence-electron chi connectivity index (χ0n) is 13.9. The number of hydrazone groups is 1. The predicted octanol–water partition coefficient (Wildman–Crippen LogP) is 4.19. The minimum atomic E-state index is -0.481. The van der Waals surface area contributed by atoms with Gasteiger partial charge in [0, 0.05) is 11.6 Å². The molecule has 0 saturated carbocycles. The molecule has 0 saturated heterocycles. The van der Waals surface area contributed by atoms with Gasteiger partial charge in [0.05, 0.1) is 35.5 Å². The highest BCUT2D eigenvalue weighted by Crippen LogP contribution is 2.33. The van der Waals surface area contributed by atoms with Crippen molar-refractivity contribution >= 4 is 46.9 Å². The lowest BCUT2D eigenvalue weighted by Crippen LogP contribution is -2.24. The fourth-order valence-electron chi connectivity index (χ4n) is 1.90. The van der Waals surface area contributed by atoms with E-state index in [4.69, 9.17) is 49.0 Å². The number of carbonyl (C=O) groups is 1. The van der Waals surface area contributed by atoms with E-state index in [1.54, 1.807) is 25.3 Å². The lowest BCUT2D eigenvalue weighted by molar-refractivity contribution is -0.123. The Balaban J connectivity index is 1.95. The molecule has 0 radical (unpaired) electrons. The lowest BCUT2D eigenvalue weighted by Gasteiger charge is -2.08. The van der Waals surface area contributed by atoms with Crippen LogP contribution in [0.5, 0.6) is 17.2 Å². The first-order valence-corrected chi connectivity index (χ1v) is 8.39. The van der Waals surface area contributed by atoms with Crippen LogP contribution >= 0.6 is 34.8 Å². The molecular weight excluding hydrogens is 403 g/mol. The molecule has 0 atom stereocenters. The third-order valence-electron chi connectivity index (χ3n) is 3.16. The minimum absolute atomic E-state index is 0.245. The van der Waals surface area contributed by atoms with Gasteiger partial charge >= 0.3 is 0 Å². The SMILES string of the molecule is COc1ccc(OC)c(C=NNC(=O)COc2cc(Cl)c(Cl)cc2Cl)c1. The number of benzene rings is 2. The van der Waals surface area contributed by atoms with Gasteiger partial charge in [-0.05, 0) is 24.3 Å². The van der Waals surface area contributed by atoms with Crippen LogP contribution in [0.25, 0.3) is 0 Å². The predicted molar refractivity (Wildman–Crippen MR) is 102 cm³/mol. The summed E-state index contributed by atoms with van der Waals surface area (Å²) in [6.07, 6.45) is 1.44. The Labute approximate surface area is 165 Å². The monoisotopic (exact) mass is 416 g/mol. The van der Waals surface area contributed by atoms with Crippen molar-refractivity contribution in [3.63, 3.8) is 0 Å². The number of ether oxygens (including phenoxy) is 3. The molecule has 0 aliphatic heterocycles. The van der Waals surface area contributed by atoms with Gasteiger partial charge in [-0.15, -0.1) is 0 Å². The first-order chi connectivity index (χ1) is 12.4. The van der Waals surface area contributed by atoms with E-state index in [1.807, 2.05) is 0 Å². The van der Waals surface area contributed by atoms with Crippen molar-refractivity contribution in [1.29, 1.82) is 0 Å². The van der Waals surface area contributed by atoms with Crippen molar-refractivity contribution in [2.45, 2.75) is 0 Å². The van der Waals surface area contributed by atoms with Crippen LogP contribution in [0.2, 0.25) is 15.1 Å². The third kappa shape index (κ3) is 5.42. The van der Waals surface area contributed by atoms with Gasteiger partial charge in [0.15, 0.2) is 6.61 Å². The van der Waals surface area contributed by atoms with E-state index < -0.39 is 5.91 Å². The molecule has 1 amide bonds. The molecule has 2 aromatic carbocycles.